The number of amides is 1. The van der Waals surface area contributed by atoms with Gasteiger partial charge in [0.05, 0.1) is 16.3 Å². The lowest BCUT2D eigenvalue weighted by Gasteiger charge is -2.32. The number of nitrogens with zero attached hydrogens (tertiary/aromatic N) is 3. The van der Waals surface area contributed by atoms with Crippen molar-refractivity contribution in [2.45, 2.75) is 0 Å². The molecule has 0 fully saturated rings. The number of rotatable bonds is 3. The first-order valence-corrected chi connectivity index (χ1v) is 9.52. The number of thiophene rings is 1. The van der Waals surface area contributed by atoms with Crippen LogP contribution in [-0.4, -0.2) is 34.1 Å². The molecule has 0 N–H and O–H groups in total. The zero-order chi connectivity index (χ0) is 19.1. The number of carbonyl (C=O) groups is 1. The fraction of sp³-hybridized carbons (Fsp3) is 0.190. The summed E-state index contributed by atoms with van der Waals surface area (Å²) < 4.78 is 6.21. The Balaban J connectivity index is 1.88. The van der Waals surface area contributed by atoms with Gasteiger partial charge in [0.15, 0.2) is 11.5 Å². The molecular weight excluding hydrogens is 358 g/mol. The van der Waals surface area contributed by atoms with E-state index in [1.54, 1.807) is 4.90 Å². The second-order valence-corrected chi connectivity index (χ2v) is 7.76. The molecule has 0 unspecified atom stereocenters. The highest BCUT2D eigenvalue weighted by atomic mass is 32.1. The van der Waals surface area contributed by atoms with Gasteiger partial charge in [0.25, 0.3) is 5.91 Å². The van der Waals surface area contributed by atoms with E-state index in [4.69, 9.17) is 4.74 Å². The van der Waals surface area contributed by atoms with Crippen LogP contribution in [0.2, 0.25) is 0 Å². The molecule has 4 rings (SSSR count). The molecule has 1 amide bonds. The monoisotopic (exact) mass is 379 g/mol. The summed E-state index contributed by atoms with van der Waals surface area (Å²) in [5.41, 5.74) is 3.54. The molecule has 0 spiro atoms. The summed E-state index contributed by atoms with van der Waals surface area (Å²) in [4.78, 5) is 19.8. The maximum absolute atomic E-state index is 13.3. The number of benzene rings is 2. The molecule has 3 aromatic rings. The Morgan fingerprint density at radius 2 is 1.44 bits per heavy atom. The maximum Gasteiger partial charge on any atom is 0.273 e. The van der Waals surface area contributed by atoms with Gasteiger partial charge in [-0.15, -0.1) is 11.3 Å². The van der Waals surface area contributed by atoms with E-state index in [0.717, 1.165) is 22.7 Å². The number of fused-ring (bicyclic) bond motifs is 2. The Morgan fingerprint density at radius 1 is 0.889 bits per heavy atom. The second-order valence-electron chi connectivity index (χ2n) is 6.81. The molecule has 0 bridgehead atoms. The van der Waals surface area contributed by atoms with Crippen molar-refractivity contribution < 1.29 is 9.53 Å². The van der Waals surface area contributed by atoms with Gasteiger partial charge in [-0.3, -0.25) is 9.69 Å². The predicted octanol–water partition coefficient (Wildman–Crippen LogP) is 4.96. The third kappa shape index (κ3) is 3.02. The average Bonchev–Trinajstić information content (AvgIpc) is 3.19. The molecule has 2 aromatic carbocycles. The van der Waals surface area contributed by atoms with E-state index in [2.05, 4.69) is 0 Å². The van der Waals surface area contributed by atoms with Crippen molar-refractivity contribution in [2.75, 3.05) is 42.9 Å². The first-order valence-electron chi connectivity index (χ1n) is 8.64. The van der Waals surface area contributed by atoms with Crippen LogP contribution in [0.1, 0.15) is 9.67 Å². The average molecular weight is 379 g/mol. The highest BCUT2D eigenvalue weighted by Gasteiger charge is 2.31. The number of hydrogen-bond donors (Lipinski definition) is 0. The van der Waals surface area contributed by atoms with Crippen molar-refractivity contribution in [3.05, 3.63) is 58.8 Å². The van der Waals surface area contributed by atoms with Crippen LogP contribution in [0.4, 0.5) is 22.7 Å². The molecule has 138 valence electrons. The zero-order valence-corrected chi connectivity index (χ0v) is 16.6. The fourth-order valence-electron chi connectivity index (χ4n) is 3.07. The number of carbonyl (C=O) groups excluding carboxylic acids is 1. The first kappa shape index (κ1) is 17.4. The van der Waals surface area contributed by atoms with Crippen molar-refractivity contribution in [3.8, 4) is 11.5 Å². The SMILES string of the molecule is CN(C)c1ccc2c(c1)Oc1cc(N(C)C)ccc1N2C(=O)c1cccs1. The fourth-order valence-corrected chi connectivity index (χ4v) is 3.73. The summed E-state index contributed by atoms with van der Waals surface area (Å²) in [6, 6.07) is 15.6. The molecule has 0 aliphatic carbocycles. The van der Waals surface area contributed by atoms with E-state index in [1.807, 2.05) is 91.9 Å². The van der Waals surface area contributed by atoms with E-state index in [1.165, 1.54) is 11.3 Å². The summed E-state index contributed by atoms with van der Waals surface area (Å²) in [7, 11) is 7.93. The Kier molecular flexibility index (Phi) is 4.28. The molecule has 1 aliphatic rings. The highest BCUT2D eigenvalue weighted by molar-refractivity contribution is 7.12. The smallest absolute Gasteiger partial charge is 0.273 e. The lowest BCUT2D eigenvalue weighted by atomic mass is 10.1. The summed E-state index contributed by atoms with van der Waals surface area (Å²) in [5, 5.41) is 1.92. The van der Waals surface area contributed by atoms with Gasteiger partial charge in [0.1, 0.15) is 0 Å². The molecule has 27 heavy (non-hydrogen) atoms. The second kappa shape index (κ2) is 6.63. The van der Waals surface area contributed by atoms with Gasteiger partial charge < -0.3 is 14.5 Å². The summed E-state index contributed by atoms with van der Waals surface area (Å²) in [6.45, 7) is 0. The van der Waals surface area contributed by atoms with Crippen LogP contribution in [0.25, 0.3) is 0 Å². The number of hydrogen-bond acceptors (Lipinski definition) is 5. The third-order valence-electron chi connectivity index (χ3n) is 4.56. The Labute approximate surface area is 163 Å². The quantitative estimate of drug-likeness (QED) is 0.644. The minimum absolute atomic E-state index is 0.0500. The van der Waals surface area contributed by atoms with Crippen molar-refractivity contribution in [1.29, 1.82) is 0 Å². The van der Waals surface area contributed by atoms with Gasteiger partial charge in [-0.1, -0.05) is 6.07 Å². The predicted molar refractivity (Wildman–Crippen MR) is 112 cm³/mol. The summed E-state index contributed by atoms with van der Waals surface area (Å²) >= 11 is 1.44. The number of ether oxygens (including phenoxy) is 1. The Morgan fingerprint density at radius 3 is 1.89 bits per heavy atom. The maximum atomic E-state index is 13.3. The zero-order valence-electron chi connectivity index (χ0n) is 15.8. The van der Waals surface area contributed by atoms with Crippen LogP contribution in [0.5, 0.6) is 11.5 Å². The lowest BCUT2D eigenvalue weighted by Crippen LogP contribution is -2.28. The molecule has 0 saturated carbocycles. The third-order valence-corrected chi connectivity index (χ3v) is 5.41. The van der Waals surface area contributed by atoms with Gasteiger partial charge >= 0.3 is 0 Å². The van der Waals surface area contributed by atoms with Gasteiger partial charge in [-0.05, 0) is 35.7 Å². The number of anilines is 4. The Hall–Kier alpha value is -2.99. The van der Waals surface area contributed by atoms with Crippen LogP contribution in [0.3, 0.4) is 0 Å². The van der Waals surface area contributed by atoms with Crippen molar-refractivity contribution in [3.63, 3.8) is 0 Å². The van der Waals surface area contributed by atoms with Crippen LogP contribution < -0.4 is 19.4 Å². The van der Waals surface area contributed by atoms with Crippen LogP contribution >= 0.6 is 11.3 Å². The minimum atomic E-state index is -0.0500. The van der Waals surface area contributed by atoms with Crippen LogP contribution in [0.15, 0.2) is 53.9 Å². The van der Waals surface area contributed by atoms with Gasteiger partial charge in [0, 0.05) is 51.7 Å². The molecule has 5 nitrogen and oxygen atoms in total. The van der Waals surface area contributed by atoms with Gasteiger partial charge in [-0.2, -0.15) is 0 Å². The van der Waals surface area contributed by atoms with Crippen molar-refractivity contribution >= 4 is 40.0 Å². The molecule has 1 aromatic heterocycles. The van der Waals surface area contributed by atoms with Crippen molar-refractivity contribution in [2.24, 2.45) is 0 Å². The molecular formula is C21H21N3O2S. The van der Waals surface area contributed by atoms with E-state index in [9.17, 15) is 4.79 Å². The highest BCUT2D eigenvalue weighted by Crippen LogP contribution is 2.49. The molecule has 1 aliphatic heterocycles. The Bertz CT molecular complexity index is 939. The molecule has 0 radical (unpaired) electrons. The summed E-state index contributed by atoms with van der Waals surface area (Å²) in [5.74, 6) is 1.30. The topological polar surface area (TPSA) is 36.0 Å². The molecule has 0 atom stereocenters. The normalized spacial score (nSPS) is 12.1. The lowest BCUT2D eigenvalue weighted by molar-refractivity contribution is 0.100. The van der Waals surface area contributed by atoms with Gasteiger partial charge in [0.2, 0.25) is 0 Å². The van der Waals surface area contributed by atoms with E-state index >= 15 is 0 Å². The van der Waals surface area contributed by atoms with E-state index in [-0.39, 0.29) is 5.91 Å². The minimum Gasteiger partial charge on any atom is -0.453 e. The molecule has 2 heterocycles. The molecule has 6 heteroatoms. The first-order chi connectivity index (χ1) is 13.0. The van der Waals surface area contributed by atoms with Gasteiger partial charge in [-0.25, -0.2) is 0 Å². The van der Waals surface area contributed by atoms with Crippen LogP contribution in [-0.2, 0) is 0 Å². The van der Waals surface area contributed by atoms with Crippen LogP contribution in [0, 0.1) is 0 Å². The van der Waals surface area contributed by atoms with E-state index < -0.39 is 0 Å². The standard InChI is InChI=1S/C21H21N3O2S/c1-22(2)14-7-9-16-18(12-14)26-19-13-15(23(3)4)8-10-17(19)24(16)21(25)20-6-5-11-27-20/h5-13H,1-4H3. The van der Waals surface area contributed by atoms with Crippen molar-refractivity contribution in [1.82, 2.24) is 0 Å². The summed E-state index contributed by atoms with van der Waals surface area (Å²) in [6.07, 6.45) is 0. The largest absolute Gasteiger partial charge is 0.453 e. The molecule has 0 saturated heterocycles. The van der Waals surface area contributed by atoms with E-state index in [0.29, 0.717) is 16.4 Å².